The number of aliphatic hydroxyl groups excluding tert-OH is 1. The summed E-state index contributed by atoms with van der Waals surface area (Å²) in [6.07, 6.45) is -0.421. The second-order valence-electron chi connectivity index (χ2n) is 12.8. The van der Waals surface area contributed by atoms with Crippen molar-refractivity contribution in [3.63, 3.8) is 0 Å². The Bertz CT molecular complexity index is 2030. The molecule has 1 fully saturated rings. The molecule has 1 aliphatic heterocycles. The molecule has 0 saturated carbocycles. The number of rotatable bonds is 14. The first-order chi connectivity index (χ1) is 26.2. The Morgan fingerprint density at radius 3 is 1.74 bits per heavy atom. The van der Waals surface area contributed by atoms with Crippen LogP contribution in [-0.4, -0.2) is 41.9 Å². The summed E-state index contributed by atoms with van der Waals surface area (Å²) in [5.41, 5.74) is 1.29. The summed E-state index contributed by atoms with van der Waals surface area (Å²) in [7, 11) is 0. The number of nitrogens with zero attached hydrogens (tertiary/aromatic N) is 2. The van der Waals surface area contributed by atoms with E-state index in [4.69, 9.17) is 14.5 Å². The molecule has 0 aromatic heterocycles. The highest BCUT2D eigenvalue weighted by Gasteiger charge is 2.53. The molecular weight excluding hydrogens is 690 g/mol. The molecule has 3 unspecified atom stereocenters. The van der Waals surface area contributed by atoms with Crippen molar-refractivity contribution in [3.05, 3.63) is 173 Å². The summed E-state index contributed by atoms with van der Waals surface area (Å²) < 4.78 is 38.5. The minimum atomic E-state index is -2.27. The lowest BCUT2D eigenvalue weighted by Gasteiger charge is -2.48. The van der Waals surface area contributed by atoms with Gasteiger partial charge < -0.3 is 19.5 Å². The number of hydrogen-bond acceptors (Lipinski definition) is 7. The van der Waals surface area contributed by atoms with Crippen LogP contribution in [0.25, 0.3) is 0 Å². The molecule has 276 valence electrons. The molecule has 1 aliphatic rings. The van der Waals surface area contributed by atoms with Crippen LogP contribution in [0.4, 0.5) is 14.5 Å². The molecule has 3 atom stereocenters. The Hall–Kier alpha value is -6.00. The van der Waals surface area contributed by atoms with Gasteiger partial charge in [-0.3, -0.25) is 4.79 Å². The van der Waals surface area contributed by atoms with Crippen LogP contribution >= 0.6 is 0 Å². The van der Waals surface area contributed by atoms with Gasteiger partial charge in [0.25, 0.3) is 5.54 Å². The lowest BCUT2D eigenvalue weighted by Crippen LogP contribution is -2.55. The largest absolute Gasteiger partial charge is 0.463 e. The minimum absolute atomic E-state index is 0.0259. The smallest absolute Gasteiger partial charge is 0.350 e. The summed E-state index contributed by atoms with van der Waals surface area (Å²) in [5, 5.41) is 10.9. The van der Waals surface area contributed by atoms with Crippen LogP contribution in [0.15, 0.2) is 138 Å². The van der Waals surface area contributed by atoms with Crippen LogP contribution < -0.4 is 4.90 Å². The van der Waals surface area contributed by atoms with Crippen molar-refractivity contribution >= 4 is 29.2 Å². The highest BCUT2D eigenvalue weighted by molar-refractivity contribution is 6.17. The van der Waals surface area contributed by atoms with Gasteiger partial charge in [-0.05, 0) is 74.2 Å². The predicted octanol–water partition coefficient (Wildman–Crippen LogP) is 8.04. The molecule has 54 heavy (non-hydrogen) atoms. The summed E-state index contributed by atoms with van der Waals surface area (Å²) >= 11 is 0. The van der Waals surface area contributed by atoms with Crippen LogP contribution in [0.5, 0.6) is 0 Å². The normalized spacial score (nSPS) is 15.9. The Balaban J connectivity index is 1.44. The van der Waals surface area contributed by atoms with Crippen molar-refractivity contribution in [2.24, 2.45) is 10.9 Å². The molecule has 0 radical (unpaired) electrons. The van der Waals surface area contributed by atoms with Gasteiger partial charge in [0, 0.05) is 22.4 Å². The molecule has 1 saturated heterocycles. The monoisotopic (exact) mass is 730 g/mol. The Labute approximate surface area is 312 Å². The molecule has 8 nitrogen and oxygen atoms in total. The van der Waals surface area contributed by atoms with Crippen molar-refractivity contribution in [1.82, 2.24) is 0 Å². The van der Waals surface area contributed by atoms with Crippen molar-refractivity contribution < 1.29 is 37.7 Å². The number of esters is 2. The van der Waals surface area contributed by atoms with Gasteiger partial charge in [-0.1, -0.05) is 97.1 Å². The number of aliphatic imine (C=N–C) groups is 1. The molecule has 10 heteroatoms. The molecule has 0 aliphatic carbocycles. The van der Waals surface area contributed by atoms with Crippen molar-refractivity contribution in [1.29, 1.82) is 0 Å². The molecule has 0 spiro atoms. The van der Waals surface area contributed by atoms with E-state index >= 15 is 0 Å². The van der Waals surface area contributed by atoms with Gasteiger partial charge in [0.1, 0.15) is 11.6 Å². The minimum Gasteiger partial charge on any atom is -0.463 e. The first-order valence-corrected chi connectivity index (χ1v) is 17.9. The Morgan fingerprint density at radius 2 is 1.24 bits per heavy atom. The Morgan fingerprint density at radius 1 is 0.741 bits per heavy atom. The second kappa shape index (κ2) is 16.8. The van der Waals surface area contributed by atoms with Crippen LogP contribution in [0.1, 0.15) is 66.7 Å². The zero-order valence-corrected chi connectivity index (χ0v) is 29.9. The number of carbonyl (C=O) groups excluding carboxylic acids is 3. The topological polar surface area (TPSA) is 105 Å². The number of benzene rings is 5. The maximum absolute atomic E-state index is 14.2. The fourth-order valence-electron chi connectivity index (χ4n) is 6.81. The number of carbonyl (C=O) groups is 3. The van der Waals surface area contributed by atoms with E-state index in [1.54, 1.807) is 43.0 Å². The maximum atomic E-state index is 14.2. The quantitative estimate of drug-likeness (QED) is 0.0537. The van der Waals surface area contributed by atoms with E-state index < -0.39 is 47.2 Å². The van der Waals surface area contributed by atoms with Gasteiger partial charge in [0.2, 0.25) is 5.91 Å². The third kappa shape index (κ3) is 7.70. The van der Waals surface area contributed by atoms with E-state index in [0.717, 1.165) is 0 Å². The summed E-state index contributed by atoms with van der Waals surface area (Å²) in [4.78, 5) is 48.6. The number of amides is 1. The van der Waals surface area contributed by atoms with Crippen molar-refractivity contribution in [2.45, 2.75) is 44.4 Å². The average Bonchev–Trinajstić information content (AvgIpc) is 3.19. The number of aliphatic hydroxyl groups is 1. The van der Waals surface area contributed by atoms with Gasteiger partial charge in [0.15, 0.2) is 0 Å². The van der Waals surface area contributed by atoms with E-state index in [0.29, 0.717) is 40.1 Å². The molecular formula is C44H40F2N2O6. The van der Waals surface area contributed by atoms with E-state index in [1.165, 1.54) is 48.5 Å². The number of ether oxygens (including phenoxy) is 2. The summed E-state index contributed by atoms with van der Waals surface area (Å²) in [5.74, 6) is -3.49. The average molecular weight is 731 g/mol. The summed E-state index contributed by atoms with van der Waals surface area (Å²) in [6, 6.07) is 35.6. The number of halogens is 2. The van der Waals surface area contributed by atoms with Gasteiger partial charge in [-0.15, -0.1) is 0 Å². The van der Waals surface area contributed by atoms with Crippen LogP contribution in [0.3, 0.4) is 0 Å². The van der Waals surface area contributed by atoms with Gasteiger partial charge in [0.05, 0.1) is 37.0 Å². The van der Waals surface area contributed by atoms with Crippen LogP contribution in [0.2, 0.25) is 0 Å². The number of anilines is 1. The van der Waals surface area contributed by atoms with Gasteiger partial charge >= 0.3 is 11.9 Å². The van der Waals surface area contributed by atoms with Crippen molar-refractivity contribution in [2.75, 3.05) is 18.1 Å². The molecule has 6 rings (SSSR count). The first-order valence-electron chi connectivity index (χ1n) is 17.9. The standard InChI is InChI=1S/C44H40F2N2O6/c1-3-53-42(51)44(43(52)54-4-2,47-39(30-11-7-5-8-12-30)31-13-9-6-10-14-31)33-19-15-32(16-20-33)40-37(27-28-38(49)29-17-21-34(45)22-18-29)41(50)48(40)36-25-23-35(46)24-26-36/h5-26,37-38,40,49H,3-4,27-28H2,1-2H3. The second-order valence-corrected chi connectivity index (χ2v) is 12.8. The third-order valence-corrected chi connectivity index (χ3v) is 9.51. The van der Waals surface area contributed by atoms with E-state index in [1.807, 2.05) is 60.7 Å². The molecule has 1 amide bonds. The van der Waals surface area contributed by atoms with E-state index in [-0.39, 0.29) is 31.1 Å². The lowest BCUT2D eigenvalue weighted by atomic mass is 9.77. The lowest BCUT2D eigenvalue weighted by molar-refractivity contribution is -0.164. The van der Waals surface area contributed by atoms with Gasteiger partial charge in [-0.25, -0.2) is 23.4 Å². The van der Waals surface area contributed by atoms with Crippen LogP contribution in [-0.2, 0) is 29.4 Å². The van der Waals surface area contributed by atoms with Crippen LogP contribution in [0, 0.1) is 17.6 Å². The fourth-order valence-corrected chi connectivity index (χ4v) is 6.81. The molecule has 1 N–H and O–H groups in total. The molecule has 1 heterocycles. The first kappa shape index (κ1) is 37.7. The van der Waals surface area contributed by atoms with Crippen molar-refractivity contribution in [3.8, 4) is 0 Å². The zero-order chi connectivity index (χ0) is 38.2. The molecule has 5 aromatic rings. The predicted molar refractivity (Wildman–Crippen MR) is 201 cm³/mol. The molecule has 5 aromatic carbocycles. The Kier molecular flexibility index (Phi) is 11.7. The SMILES string of the molecule is CCOC(=O)C(N=C(c1ccccc1)c1ccccc1)(C(=O)OCC)c1ccc(C2C(CCC(O)c3ccc(F)cc3)C(=O)N2c2ccc(F)cc2)cc1. The zero-order valence-electron chi connectivity index (χ0n) is 29.9. The summed E-state index contributed by atoms with van der Waals surface area (Å²) in [6.45, 7) is 3.23. The number of hydrogen-bond donors (Lipinski definition) is 1. The van der Waals surface area contributed by atoms with Gasteiger partial charge in [-0.2, -0.15) is 0 Å². The highest BCUT2D eigenvalue weighted by atomic mass is 19.1. The fraction of sp³-hybridized carbons (Fsp3) is 0.227. The highest BCUT2D eigenvalue weighted by Crippen LogP contribution is 2.47. The van der Waals surface area contributed by atoms with E-state index in [9.17, 15) is 28.3 Å². The number of β-lactam (4-membered cyclic amide) rings is 1. The third-order valence-electron chi connectivity index (χ3n) is 9.51. The maximum Gasteiger partial charge on any atom is 0.350 e. The van der Waals surface area contributed by atoms with E-state index in [2.05, 4.69) is 0 Å². The molecule has 0 bridgehead atoms.